The molecule has 2 aromatic rings. The van der Waals surface area contributed by atoms with Gasteiger partial charge in [-0.3, -0.25) is 4.79 Å². The largest absolute Gasteiger partial charge is 0.452 e. The number of carbonyl (C=O) groups excluding carboxylic acids is 2. The van der Waals surface area contributed by atoms with Crippen LogP contribution in [0.15, 0.2) is 54.6 Å². The number of likely N-dealkylation sites (tertiary alicyclic amines) is 1. The summed E-state index contributed by atoms with van der Waals surface area (Å²) in [5.41, 5.74) is 1.42. The van der Waals surface area contributed by atoms with E-state index in [0.717, 1.165) is 25.3 Å². The lowest BCUT2D eigenvalue weighted by Crippen LogP contribution is -2.41. The van der Waals surface area contributed by atoms with Crippen LogP contribution in [0, 0.1) is 11.7 Å². The van der Waals surface area contributed by atoms with E-state index in [1.54, 1.807) is 4.90 Å². The molecule has 0 unspecified atom stereocenters. The Morgan fingerprint density at radius 1 is 1.10 bits per heavy atom. The summed E-state index contributed by atoms with van der Waals surface area (Å²) in [5, 5.41) is 0.198. The highest BCUT2D eigenvalue weighted by molar-refractivity contribution is 6.32. The van der Waals surface area contributed by atoms with Gasteiger partial charge < -0.3 is 9.64 Å². The summed E-state index contributed by atoms with van der Waals surface area (Å²) in [7, 11) is 0. The van der Waals surface area contributed by atoms with Crippen LogP contribution in [0.5, 0.6) is 0 Å². The molecule has 0 spiro atoms. The van der Waals surface area contributed by atoms with Gasteiger partial charge in [-0.25, -0.2) is 9.18 Å². The lowest BCUT2D eigenvalue weighted by molar-refractivity contribution is -0.148. The molecule has 1 aliphatic heterocycles. The van der Waals surface area contributed by atoms with Gasteiger partial charge in [-0.1, -0.05) is 48.0 Å². The van der Waals surface area contributed by atoms with E-state index in [2.05, 4.69) is 12.1 Å². The van der Waals surface area contributed by atoms with Gasteiger partial charge >= 0.3 is 5.97 Å². The molecule has 1 amide bonds. The van der Waals surface area contributed by atoms with Crippen molar-refractivity contribution in [2.45, 2.75) is 19.3 Å². The molecular weight excluding hydrogens is 393 g/mol. The molecule has 0 N–H and O–H groups in total. The lowest BCUT2D eigenvalue weighted by Gasteiger charge is -2.32. The molecule has 6 heteroatoms. The van der Waals surface area contributed by atoms with Gasteiger partial charge in [-0.2, -0.15) is 0 Å². The first-order valence-electron chi connectivity index (χ1n) is 9.63. The summed E-state index contributed by atoms with van der Waals surface area (Å²) >= 11 is 5.90. The van der Waals surface area contributed by atoms with E-state index < -0.39 is 11.8 Å². The minimum atomic E-state index is -0.711. The topological polar surface area (TPSA) is 46.6 Å². The Bertz CT molecular complexity index is 857. The van der Waals surface area contributed by atoms with E-state index in [9.17, 15) is 14.0 Å². The number of ether oxygens (including phenoxy) is 1. The van der Waals surface area contributed by atoms with Gasteiger partial charge in [0.15, 0.2) is 6.61 Å². The van der Waals surface area contributed by atoms with Crippen LogP contribution in [0.1, 0.15) is 24.0 Å². The van der Waals surface area contributed by atoms with Crippen molar-refractivity contribution in [2.24, 2.45) is 5.92 Å². The van der Waals surface area contributed by atoms with E-state index in [0.29, 0.717) is 19.0 Å². The number of rotatable bonds is 6. The maximum Gasteiger partial charge on any atom is 0.331 e. The van der Waals surface area contributed by atoms with Crippen LogP contribution >= 0.6 is 11.6 Å². The van der Waals surface area contributed by atoms with E-state index in [4.69, 9.17) is 16.3 Å². The number of hydrogen-bond acceptors (Lipinski definition) is 3. The van der Waals surface area contributed by atoms with Crippen LogP contribution in [0.2, 0.25) is 5.02 Å². The Morgan fingerprint density at radius 2 is 1.83 bits per heavy atom. The standard InChI is InChI=1S/C23H23ClFNO3/c24-20-7-4-8-21(25)19(20)9-10-23(28)29-16-22(27)26-13-11-18(12-14-26)15-17-5-2-1-3-6-17/h1-10,18H,11-16H2. The second kappa shape index (κ2) is 10.2. The zero-order valence-corrected chi connectivity index (χ0v) is 16.8. The fraction of sp³-hybridized carbons (Fsp3) is 0.304. The van der Waals surface area contributed by atoms with Crippen molar-refractivity contribution in [1.29, 1.82) is 0 Å². The number of piperidine rings is 1. The smallest absolute Gasteiger partial charge is 0.331 e. The van der Waals surface area contributed by atoms with Gasteiger partial charge in [-0.15, -0.1) is 0 Å². The average molecular weight is 416 g/mol. The highest BCUT2D eigenvalue weighted by Crippen LogP contribution is 2.22. The van der Waals surface area contributed by atoms with Crippen molar-refractivity contribution in [2.75, 3.05) is 19.7 Å². The Kier molecular flexibility index (Phi) is 7.42. The van der Waals surface area contributed by atoms with Crippen LogP contribution in [-0.4, -0.2) is 36.5 Å². The fourth-order valence-electron chi connectivity index (χ4n) is 3.43. The molecule has 3 rings (SSSR count). The molecule has 0 atom stereocenters. The molecule has 0 bridgehead atoms. The molecule has 0 radical (unpaired) electrons. The molecule has 152 valence electrons. The number of esters is 1. The van der Waals surface area contributed by atoms with Crippen LogP contribution in [0.3, 0.4) is 0 Å². The molecule has 1 fully saturated rings. The molecular formula is C23H23ClFNO3. The zero-order chi connectivity index (χ0) is 20.6. The first-order chi connectivity index (χ1) is 14.0. The number of nitrogens with zero attached hydrogens (tertiary/aromatic N) is 1. The monoisotopic (exact) mass is 415 g/mol. The van der Waals surface area contributed by atoms with Crippen molar-refractivity contribution in [1.82, 2.24) is 4.90 Å². The molecule has 1 saturated heterocycles. The summed E-state index contributed by atoms with van der Waals surface area (Å²) in [5.74, 6) is -0.904. The summed E-state index contributed by atoms with van der Waals surface area (Å²) < 4.78 is 18.7. The van der Waals surface area contributed by atoms with E-state index in [-0.39, 0.29) is 23.1 Å². The van der Waals surface area contributed by atoms with Gasteiger partial charge in [-0.05, 0) is 49.0 Å². The molecule has 0 aromatic heterocycles. The second-order valence-electron chi connectivity index (χ2n) is 7.09. The maximum absolute atomic E-state index is 13.7. The molecule has 1 aliphatic rings. The first-order valence-corrected chi connectivity index (χ1v) is 10.0. The highest BCUT2D eigenvalue weighted by atomic mass is 35.5. The summed E-state index contributed by atoms with van der Waals surface area (Å²) in [6, 6.07) is 14.6. The normalized spacial score (nSPS) is 14.9. The zero-order valence-electron chi connectivity index (χ0n) is 16.0. The van der Waals surface area contributed by atoms with Gasteiger partial charge in [0, 0.05) is 24.7 Å². The van der Waals surface area contributed by atoms with Crippen LogP contribution < -0.4 is 0 Å². The Labute approximate surface area is 174 Å². The number of hydrogen-bond donors (Lipinski definition) is 0. The van der Waals surface area contributed by atoms with E-state index in [1.807, 2.05) is 18.2 Å². The highest BCUT2D eigenvalue weighted by Gasteiger charge is 2.23. The van der Waals surface area contributed by atoms with Gasteiger partial charge in [0.25, 0.3) is 5.91 Å². The van der Waals surface area contributed by atoms with Crippen LogP contribution in [0.4, 0.5) is 4.39 Å². The second-order valence-corrected chi connectivity index (χ2v) is 7.50. The number of carbonyl (C=O) groups is 2. The van der Waals surface area contributed by atoms with Crippen molar-refractivity contribution < 1.29 is 18.7 Å². The molecule has 29 heavy (non-hydrogen) atoms. The SMILES string of the molecule is O=C(C=Cc1c(F)cccc1Cl)OCC(=O)N1CCC(Cc2ccccc2)CC1. The number of benzene rings is 2. The van der Waals surface area contributed by atoms with Gasteiger partial charge in [0.1, 0.15) is 5.82 Å². The number of halogens is 2. The predicted octanol–water partition coefficient (Wildman–Crippen LogP) is 4.52. The predicted molar refractivity (Wildman–Crippen MR) is 111 cm³/mol. The van der Waals surface area contributed by atoms with Crippen molar-refractivity contribution >= 4 is 29.6 Å². The Morgan fingerprint density at radius 3 is 2.52 bits per heavy atom. The summed E-state index contributed by atoms with van der Waals surface area (Å²) in [6.07, 6.45) is 5.20. The van der Waals surface area contributed by atoms with Crippen molar-refractivity contribution in [3.63, 3.8) is 0 Å². The molecule has 4 nitrogen and oxygen atoms in total. The third-order valence-electron chi connectivity index (χ3n) is 5.06. The Balaban J connectivity index is 1.42. The molecule has 2 aromatic carbocycles. The lowest BCUT2D eigenvalue weighted by atomic mass is 9.90. The maximum atomic E-state index is 13.7. The van der Waals surface area contributed by atoms with E-state index in [1.165, 1.54) is 29.8 Å². The van der Waals surface area contributed by atoms with Crippen LogP contribution in [-0.2, 0) is 20.7 Å². The summed E-state index contributed by atoms with van der Waals surface area (Å²) in [4.78, 5) is 25.9. The molecule has 0 aliphatic carbocycles. The van der Waals surface area contributed by atoms with Crippen LogP contribution in [0.25, 0.3) is 6.08 Å². The third kappa shape index (κ3) is 6.16. The minimum Gasteiger partial charge on any atom is -0.452 e. The summed E-state index contributed by atoms with van der Waals surface area (Å²) in [6.45, 7) is 1.00. The third-order valence-corrected chi connectivity index (χ3v) is 5.39. The fourth-order valence-corrected chi connectivity index (χ4v) is 3.65. The average Bonchev–Trinajstić information content (AvgIpc) is 2.73. The minimum absolute atomic E-state index is 0.109. The van der Waals surface area contributed by atoms with Crippen molar-refractivity contribution in [3.05, 3.63) is 76.6 Å². The molecule has 1 heterocycles. The van der Waals surface area contributed by atoms with Gasteiger partial charge in [0.2, 0.25) is 0 Å². The quantitative estimate of drug-likeness (QED) is 0.515. The van der Waals surface area contributed by atoms with E-state index >= 15 is 0 Å². The van der Waals surface area contributed by atoms with Gasteiger partial charge in [0.05, 0.1) is 5.02 Å². The van der Waals surface area contributed by atoms with Crippen molar-refractivity contribution in [3.8, 4) is 0 Å². The number of amides is 1. The Hall–Kier alpha value is -2.66. The molecule has 0 saturated carbocycles. The first kappa shape index (κ1) is 21.1.